The van der Waals surface area contributed by atoms with Gasteiger partial charge in [0.25, 0.3) is 11.8 Å². The molecule has 0 unspecified atom stereocenters. The van der Waals surface area contributed by atoms with Crippen molar-refractivity contribution in [1.82, 2.24) is 15.2 Å². The number of nitrogens with zero attached hydrogens (tertiary/aromatic N) is 3. The number of β-lactam (4-membered cyclic amide) rings is 1. The van der Waals surface area contributed by atoms with Gasteiger partial charge in [-0.25, -0.2) is 9.78 Å². The number of carboxylic acids is 1. The molecule has 2 aliphatic rings. The Hall–Kier alpha value is -1.87. The van der Waals surface area contributed by atoms with Crippen LogP contribution in [0.1, 0.15) is 5.69 Å². The smallest absolute Gasteiger partial charge is 0.352 e. The van der Waals surface area contributed by atoms with Gasteiger partial charge < -0.3 is 21.0 Å². The molecule has 0 aliphatic carbocycles. The van der Waals surface area contributed by atoms with E-state index in [2.05, 4.69) is 38.0 Å². The van der Waals surface area contributed by atoms with Crippen molar-refractivity contribution < 1.29 is 24.3 Å². The second kappa shape index (κ2) is 8.02. The molecule has 1 saturated heterocycles. The van der Waals surface area contributed by atoms with Crippen molar-refractivity contribution in [3.63, 3.8) is 0 Å². The number of thioether (sulfide) groups is 1. The van der Waals surface area contributed by atoms with E-state index in [1.807, 2.05) is 0 Å². The molecule has 0 bridgehead atoms. The van der Waals surface area contributed by atoms with E-state index >= 15 is 0 Å². The summed E-state index contributed by atoms with van der Waals surface area (Å²) in [7, 11) is 1.28. The first-order chi connectivity index (χ1) is 12.9. The molecule has 27 heavy (non-hydrogen) atoms. The Kier molecular flexibility index (Phi) is 5.90. The summed E-state index contributed by atoms with van der Waals surface area (Å²) in [4.78, 5) is 46.6. The first-order valence-electron chi connectivity index (χ1n) is 7.48. The molecule has 0 saturated carbocycles. The lowest BCUT2D eigenvalue weighted by Gasteiger charge is -2.49. The van der Waals surface area contributed by atoms with Crippen LogP contribution in [0.15, 0.2) is 21.8 Å². The highest BCUT2D eigenvalue weighted by Crippen LogP contribution is 2.40. The van der Waals surface area contributed by atoms with Crippen LogP contribution in [0.2, 0.25) is 0 Å². The van der Waals surface area contributed by atoms with Gasteiger partial charge in [-0.1, -0.05) is 27.7 Å². The first kappa shape index (κ1) is 19.9. The van der Waals surface area contributed by atoms with E-state index in [9.17, 15) is 19.5 Å². The average molecular weight is 523 g/mol. The second-order valence-corrected chi connectivity index (χ2v) is 8.20. The molecule has 144 valence electrons. The molecule has 0 radical (unpaired) electrons. The van der Waals surface area contributed by atoms with Gasteiger partial charge in [-0.15, -0.1) is 23.1 Å². The van der Waals surface area contributed by atoms with Crippen LogP contribution >= 0.6 is 45.7 Å². The number of hydrogen-bond acceptors (Lipinski definition) is 9. The number of oxime groups is 1. The van der Waals surface area contributed by atoms with E-state index in [-0.39, 0.29) is 22.2 Å². The van der Waals surface area contributed by atoms with Gasteiger partial charge >= 0.3 is 5.97 Å². The number of alkyl halides is 1. The van der Waals surface area contributed by atoms with Gasteiger partial charge in [-0.2, -0.15) is 0 Å². The molecular weight excluding hydrogens is 509 g/mol. The fraction of sp³-hybridized carbons (Fsp3) is 0.357. The number of halogens is 1. The van der Waals surface area contributed by atoms with E-state index in [1.165, 1.54) is 23.8 Å². The minimum absolute atomic E-state index is 0.00158. The molecule has 1 aromatic heterocycles. The number of rotatable bonds is 6. The molecule has 13 heteroatoms. The van der Waals surface area contributed by atoms with Crippen LogP contribution in [0.25, 0.3) is 0 Å². The predicted molar refractivity (Wildman–Crippen MR) is 109 cm³/mol. The van der Waals surface area contributed by atoms with Crippen LogP contribution in [-0.4, -0.2) is 67.2 Å². The van der Waals surface area contributed by atoms with Crippen LogP contribution < -0.4 is 11.1 Å². The lowest BCUT2D eigenvalue weighted by molar-refractivity contribution is -0.150. The lowest BCUT2D eigenvalue weighted by Crippen LogP contribution is -2.71. The molecule has 3 heterocycles. The number of aromatic nitrogens is 1. The number of nitrogens with two attached hydrogens (primary N) is 1. The zero-order chi connectivity index (χ0) is 19.7. The number of fused-ring (bicyclic) bond motifs is 1. The monoisotopic (exact) mass is 523 g/mol. The van der Waals surface area contributed by atoms with Crippen LogP contribution in [0, 0.1) is 0 Å². The lowest BCUT2D eigenvalue weighted by atomic mass is 10.0. The fourth-order valence-corrected chi connectivity index (χ4v) is 5.58. The number of carbonyl (C=O) groups excluding carboxylic acids is 2. The Bertz CT molecular complexity index is 870. The number of nitrogens with one attached hydrogen (secondary N) is 1. The van der Waals surface area contributed by atoms with E-state index in [1.54, 1.807) is 5.38 Å². The van der Waals surface area contributed by atoms with E-state index in [0.29, 0.717) is 15.8 Å². The Balaban J connectivity index is 1.79. The molecule has 3 rings (SSSR count). The Morgan fingerprint density at radius 1 is 1.59 bits per heavy atom. The summed E-state index contributed by atoms with van der Waals surface area (Å²) in [5.74, 6) is -1.80. The molecule has 2 atom stereocenters. The summed E-state index contributed by atoms with van der Waals surface area (Å²) in [5, 5.41) is 17.0. The highest BCUT2D eigenvalue weighted by Gasteiger charge is 2.54. The largest absolute Gasteiger partial charge is 0.477 e. The van der Waals surface area contributed by atoms with Gasteiger partial charge in [0.2, 0.25) is 0 Å². The molecule has 0 spiro atoms. The van der Waals surface area contributed by atoms with Gasteiger partial charge in [0, 0.05) is 15.6 Å². The quantitative estimate of drug-likeness (QED) is 0.158. The number of anilines is 1. The third-order valence-electron chi connectivity index (χ3n) is 3.86. The minimum atomic E-state index is -1.15. The van der Waals surface area contributed by atoms with Crippen LogP contribution in [-0.2, 0) is 19.2 Å². The zero-order valence-corrected chi connectivity index (χ0v) is 17.6. The van der Waals surface area contributed by atoms with Crippen molar-refractivity contribution in [3.8, 4) is 0 Å². The molecule has 1 aromatic rings. The van der Waals surface area contributed by atoms with Crippen LogP contribution in [0.4, 0.5) is 5.13 Å². The normalized spacial score (nSPS) is 22.2. The molecule has 1 fully saturated rings. The Morgan fingerprint density at radius 2 is 2.33 bits per heavy atom. The van der Waals surface area contributed by atoms with Gasteiger partial charge in [0.1, 0.15) is 29.9 Å². The summed E-state index contributed by atoms with van der Waals surface area (Å²) in [6, 6.07) is -0.856. The molecule has 4 N–H and O–H groups in total. The summed E-state index contributed by atoms with van der Waals surface area (Å²) < 4.78 is 0.510. The van der Waals surface area contributed by atoms with Gasteiger partial charge in [0.05, 0.1) is 0 Å². The maximum absolute atomic E-state index is 12.6. The summed E-state index contributed by atoms with van der Waals surface area (Å²) in [6.45, 7) is 0. The number of aliphatic carboxylic acids is 1. The minimum Gasteiger partial charge on any atom is -0.477 e. The molecule has 2 aliphatic heterocycles. The molecule has 2 amide bonds. The zero-order valence-electron chi connectivity index (χ0n) is 13.8. The molecule has 0 aromatic carbocycles. The van der Waals surface area contributed by atoms with Gasteiger partial charge in [-0.3, -0.25) is 14.5 Å². The highest BCUT2D eigenvalue weighted by molar-refractivity contribution is 14.1. The van der Waals surface area contributed by atoms with Crippen molar-refractivity contribution in [1.29, 1.82) is 0 Å². The van der Waals surface area contributed by atoms with E-state index < -0.39 is 29.2 Å². The maximum atomic E-state index is 12.6. The van der Waals surface area contributed by atoms with Gasteiger partial charge in [0.15, 0.2) is 10.8 Å². The maximum Gasteiger partial charge on any atom is 0.352 e. The van der Waals surface area contributed by atoms with Crippen molar-refractivity contribution in [3.05, 3.63) is 22.3 Å². The van der Waals surface area contributed by atoms with Crippen LogP contribution in [0.3, 0.4) is 0 Å². The number of carbonyl (C=O) groups is 3. The Labute approximate surface area is 175 Å². The number of carboxylic acid groups (broad SMARTS) is 1. The van der Waals surface area contributed by atoms with Gasteiger partial charge in [-0.05, 0) is 5.57 Å². The predicted octanol–water partition coefficient (Wildman–Crippen LogP) is 0.249. The van der Waals surface area contributed by atoms with Crippen molar-refractivity contribution in [2.45, 2.75) is 11.4 Å². The number of amides is 2. The number of thiazole rings is 1. The summed E-state index contributed by atoms with van der Waals surface area (Å²) >= 11 is 4.61. The summed E-state index contributed by atoms with van der Waals surface area (Å²) in [6.07, 6.45) is 0. The second-order valence-electron chi connectivity index (χ2n) is 5.45. The fourth-order valence-electron chi connectivity index (χ4n) is 2.69. The SMILES string of the molecule is CO/N=C(/C(=O)N[C@@H]1C(=O)N2C(C(=O)O)=C(CI)CS[C@H]12)c1csc(N)n1. The average Bonchev–Trinajstić information content (AvgIpc) is 3.08. The number of nitrogen functional groups attached to an aromatic ring is 1. The topological polar surface area (TPSA) is 147 Å². The third-order valence-corrected chi connectivity index (χ3v) is 6.79. The van der Waals surface area contributed by atoms with Crippen molar-refractivity contribution in [2.24, 2.45) is 5.16 Å². The molecular formula is C14H14IN5O5S2. The number of hydrogen-bond donors (Lipinski definition) is 3. The van der Waals surface area contributed by atoms with Crippen molar-refractivity contribution in [2.75, 3.05) is 23.0 Å². The van der Waals surface area contributed by atoms with Crippen molar-refractivity contribution >= 4 is 74.3 Å². The third kappa shape index (κ3) is 3.62. The standard InChI is InChI=1S/C14H14IN5O5S2/c1-25-19-7(6-4-27-14(16)17-6)10(21)18-8-11(22)20-9(13(23)24)5(2-15)3-26-12(8)20/h4,8,12H,2-3H2,1H3,(H2,16,17)(H,18,21)(H,23,24)/b19-7+/t8-,12-/m1/s1. The highest BCUT2D eigenvalue weighted by atomic mass is 127. The first-order valence-corrected chi connectivity index (χ1v) is 10.9. The van der Waals surface area contributed by atoms with Crippen LogP contribution in [0.5, 0.6) is 0 Å². The van der Waals surface area contributed by atoms with E-state index in [4.69, 9.17) is 10.6 Å². The summed E-state index contributed by atoms with van der Waals surface area (Å²) in [5.41, 5.74) is 6.39. The molecule has 10 nitrogen and oxygen atoms in total. The van der Waals surface area contributed by atoms with E-state index in [0.717, 1.165) is 11.3 Å². The Morgan fingerprint density at radius 3 is 2.89 bits per heavy atom.